The molecule has 0 aliphatic rings. The summed E-state index contributed by atoms with van der Waals surface area (Å²) in [5, 5.41) is 0.578. The molecular formula is C14H12ClF2N. The molecule has 2 aromatic rings. The summed E-state index contributed by atoms with van der Waals surface area (Å²) in [6.07, 6.45) is 0.332. The van der Waals surface area contributed by atoms with Crippen LogP contribution in [0.15, 0.2) is 42.5 Å². The van der Waals surface area contributed by atoms with Crippen molar-refractivity contribution in [2.45, 2.75) is 12.5 Å². The van der Waals surface area contributed by atoms with Gasteiger partial charge in [-0.15, -0.1) is 0 Å². The molecule has 0 saturated heterocycles. The summed E-state index contributed by atoms with van der Waals surface area (Å²) in [6.45, 7) is 0. The number of hydrogen-bond donors (Lipinski definition) is 1. The Morgan fingerprint density at radius 1 is 1.06 bits per heavy atom. The summed E-state index contributed by atoms with van der Waals surface area (Å²) in [4.78, 5) is 0. The first kappa shape index (κ1) is 13.0. The van der Waals surface area contributed by atoms with E-state index in [9.17, 15) is 8.78 Å². The quantitative estimate of drug-likeness (QED) is 0.898. The minimum absolute atomic E-state index is 0.0857. The van der Waals surface area contributed by atoms with Gasteiger partial charge >= 0.3 is 0 Å². The highest BCUT2D eigenvalue weighted by molar-refractivity contribution is 6.30. The highest BCUT2D eigenvalue weighted by Gasteiger charge is 2.16. The van der Waals surface area contributed by atoms with Gasteiger partial charge in [-0.1, -0.05) is 29.8 Å². The maximum absolute atomic E-state index is 13.5. The number of hydrogen-bond acceptors (Lipinski definition) is 1. The fourth-order valence-corrected chi connectivity index (χ4v) is 2.10. The molecule has 0 radical (unpaired) electrons. The molecular weight excluding hydrogens is 256 g/mol. The fraction of sp³-hybridized carbons (Fsp3) is 0.143. The van der Waals surface area contributed by atoms with Crippen LogP contribution < -0.4 is 5.73 Å². The SMILES string of the molecule is NC(Cc1cccc(Cl)c1)c1c(F)cccc1F. The monoisotopic (exact) mass is 267 g/mol. The van der Waals surface area contributed by atoms with Gasteiger partial charge in [0.05, 0.1) is 0 Å². The van der Waals surface area contributed by atoms with Crippen LogP contribution in [0.4, 0.5) is 8.78 Å². The van der Waals surface area contributed by atoms with Gasteiger partial charge in [-0.25, -0.2) is 8.78 Å². The standard InChI is InChI=1S/C14H12ClF2N/c15-10-4-1-3-9(7-10)8-13(18)14-11(16)5-2-6-12(14)17/h1-7,13H,8,18H2. The van der Waals surface area contributed by atoms with Crippen molar-refractivity contribution >= 4 is 11.6 Å². The third-order valence-corrected chi connectivity index (χ3v) is 2.95. The van der Waals surface area contributed by atoms with E-state index >= 15 is 0 Å². The van der Waals surface area contributed by atoms with E-state index in [-0.39, 0.29) is 5.56 Å². The smallest absolute Gasteiger partial charge is 0.130 e. The minimum Gasteiger partial charge on any atom is -0.323 e. The average molecular weight is 268 g/mol. The van der Waals surface area contributed by atoms with Gasteiger partial charge in [0.1, 0.15) is 11.6 Å². The van der Waals surface area contributed by atoms with Crippen molar-refractivity contribution in [2.24, 2.45) is 5.73 Å². The Morgan fingerprint density at radius 3 is 2.28 bits per heavy atom. The number of rotatable bonds is 3. The normalized spacial score (nSPS) is 12.4. The van der Waals surface area contributed by atoms with Crippen LogP contribution in [-0.4, -0.2) is 0 Å². The largest absolute Gasteiger partial charge is 0.323 e. The highest BCUT2D eigenvalue weighted by Crippen LogP contribution is 2.23. The lowest BCUT2D eigenvalue weighted by Gasteiger charge is -2.14. The van der Waals surface area contributed by atoms with Crippen molar-refractivity contribution in [1.29, 1.82) is 0 Å². The van der Waals surface area contributed by atoms with Crippen molar-refractivity contribution in [1.82, 2.24) is 0 Å². The number of nitrogens with two attached hydrogens (primary N) is 1. The van der Waals surface area contributed by atoms with E-state index in [2.05, 4.69) is 0 Å². The molecule has 18 heavy (non-hydrogen) atoms. The Balaban J connectivity index is 2.25. The lowest BCUT2D eigenvalue weighted by Crippen LogP contribution is -2.16. The van der Waals surface area contributed by atoms with Gasteiger partial charge < -0.3 is 5.73 Å². The molecule has 0 fully saturated rings. The molecule has 0 aliphatic heterocycles. The van der Waals surface area contributed by atoms with E-state index < -0.39 is 17.7 Å². The number of halogens is 3. The van der Waals surface area contributed by atoms with E-state index in [1.807, 2.05) is 6.07 Å². The van der Waals surface area contributed by atoms with Gasteiger partial charge in [-0.05, 0) is 36.2 Å². The first-order chi connectivity index (χ1) is 8.58. The molecule has 0 aromatic heterocycles. The Morgan fingerprint density at radius 2 is 1.67 bits per heavy atom. The minimum atomic E-state index is -0.732. The summed E-state index contributed by atoms with van der Waals surface area (Å²) in [6, 6.07) is 10.1. The number of benzene rings is 2. The molecule has 0 aliphatic carbocycles. The van der Waals surface area contributed by atoms with Crippen molar-refractivity contribution in [3.8, 4) is 0 Å². The van der Waals surface area contributed by atoms with Gasteiger partial charge in [0.2, 0.25) is 0 Å². The summed E-state index contributed by atoms with van der Waals surface area (Å²) in [5.41, 5.74) is 6.62. The zero-order valence-electron chi connectivity index (χ0n) is 9.54. The van der Waals surface area contributed by atoms with Crippen LogP contribution in [0.5, 0.6) is 0 Å². The molecule has 2 aromatic carbocycles. The van der Waals surface area contributed by atoms with Crippen LogP contribution in [0.2, 0.25) is 5.02 Å². The third-order valence-electron chi connectivity index (χ3n) is 2.72. The average Bonchev–Trinajstić information content (AvgIpc) is 2.28. The summed E-state index contributed by atoms with van der Waals surface area (Å²) in [7, 11) is 0. The first-order valence-corrected chi connectivity index (χ1v) is 5.89. The molecule has 0 spiro atoms. The lowest BCUT2D eigenvalue weighted by atomic mass is 9.99. The molecule has 0 bridgehead atoms. The van der Waals surface area contributed by atoms with Crippen molar-refractivity contribution in [3.05, 3.63) is 70.2 Å². The van der Waals surface area contributed by atoms with Crippen molar-refractivity contribution in [2.75, 3.05) is 0 Å². The second-order valence-corrected chi connectivity index (χ2v) is 4.51. The second-order valence-electron chi connectivity index (χ2n) is 4.08. The summed E-state index contributed by atoms with van der Waals surface area (Å²) >= 11 is 5.85. The van der Waals surface area contributed by atoms with Gasteiger partial charge in [0.15, 0.2) is 0 Å². The summed E-state index contributed by atoms with van der Waals surface area (Å²) < 4.78 is 27.1. The van der Waals surface area contributed by atoms with Crippen LogP contribution in [0.1, 0.15) is 17.2 Å². The molecule has 2 N–H and O–H groups in total. The molecule has 0 amide bonds. The molecule has 2 rings (SSSR count). The van der Waals surface area contributed by atoms with Crippen LogP contribution in [0.25, 0.3) is 0 Å². The van der Waals surface area contributed by atoms with E-state index in [0.717, 1.165) is 5.56 Å². The van der Waals surface area contributed by atoms with Gasteiger partial charge in [0.25, 0.3) is 0 Å². The molecule has 0 heterocycles. The molecule has 1 atom stereocenters. The summed E-state index contributed by atoms with van der Waals surface area (Å²) in [5.74, 6) is -1.24. The Kier molecular flexibility index (Phi) is 3.94. The van der Waals surface area contributed by atoms with Crippen LogP contribution >= 0.6 is 11.6 Å². The fourth-order valence-electron chi connectivity index (χ4n) is 1.88. The van der Waals surface area contributed by atoms with E-state index in [1.54, 1.807) is 18.2 Å². The van der Waals surface area contributed by atoms with Crippen LogP contribution in [0, 0.1) is 11.6 Å². The lowest BCUT2D eigenvalue weighted by molar-refractivity contribution is 0.524. The van der Waals surface area contributed by atoms with Gasteiger partial charge in [0, 0.05) is 16.6 Å². The molecule has 0 saturated carbocycles. The van der Waals surface area contributed by atoms with E-state index in [4.69, 9.17) is 17.3 Å². The molecule has 1 nitrogen and oxygen atoms in total. The van der Waals surface area contributed by atoms with Gasteiger partial charge in [-0.2, -0.15) is 0 Å². The van der Waals surface area contributed by atoms with Crippen LogP contribution in [0.3, 0.4) is 0 Å². The zero-order valence-corrected chi connectivity index (χ0v) is 10.3. The van der Waals surface area contributed by atoms with Gasteiger partial charge in [-0.3, -0.25) is 0 Å². The Labute approximate surface area is 109 Å². The van der Waals surface area contributed by atoms with Crippen molar-refractivity contribution in [3.63, 3.8) is 0 Å². The van der Waals surface area contributed by atoms with E-state index in [1.165, 1.54) is 18.2 Å². The molecule has 94 valence electrons. The molecule has 1 unspecified atom stereocenters. The maximum atomic E-state index is 13.5. The Bertz CT molecular complexity index is 537. The predicted molar refractivity (Wildman–Crippen MR) is 68.4 cm³/mol. The molecule has 4 heteroatoms. The topological polar surface area (TPSA) is 26.0 Å². The second kappa shape index (κ2) is 5.46. The first-order valence-electron chi connectivity index (χ1n) is 5.52. The predicted octanol–water partition coefficient (Wildman–Crippen LogP) is 3.86. The van der Waals surface area contributed by atoms with E-state index in [0.29, 0.717) is 11.4 Å². The zero-order chi connectivity index (χ0) is 13.1. The third kappa shape index (κ3) is 2.86. The maximum Gasteiger partial charge on any atom is 0.130 e. The Hall–Kier alpha value is -1.45. The highest BCUT2D eigenvalue weighted by atomic mass is 35.5. The van der Waals surface area contributed by atoms with Crippen molar-refractivity contribution < 1.29 is 8.78 Å². The van der Waals surface area contributed by atoms with Crippen LogP contribution in [-0.2, 0) is 6.42 Å².